The number of aromatic nitrogens is 1. The Morgan fingerprint density at radius 2 is 2.41 bits per heavy atom. The van der Waals surface area contributed by atoms with Crippen LogP contribution in [0.15, 0.2) is 23.1 Å². The Morgan fingerprint density at radius 3 is 3.00 bits per heavy atom. The maximum Gasteiger partial charge on any atom is 0.254 e. The number of carbonyl (C=O) groups is 1. The van der Waals surface area contributed by atoms with E-state index in [9.17, 15) is 9.59 Å². The van der Waals surface area contributed by atoms with E-state index in [0.29, 0.717) is 24.6 Å². The molecular weight excluding hydrogens is 218 g/mol. The third kappa shape index (κ3) is 2.39. The molecule has 0 bridgehead atoms. The third-order valence-corrected chi connectivity index (χ3v) is 3.28. The number of pyridine rings is 1. The second kappa shape index (κ2) is 4.71. The number of amides is 1. The van der Waals surface area contributed by atoms with Crippen LogP contribution in [0.2, 0.25) is 0 Å². The lowest BCUT2D eigenvalue weighted by atomic mass is 10.1. The molecule has 2 heterocycles. The van der Waals surface area contributed by atoms with Gasteiger partial charge in [0.2, 0.25) is 5.56 Å². The van der Waals surface area contributed by atoms with Crippen molar-refractivity contribution in [3.63, 3.8) is 0 Å². The van der Waals surface area contributed by atoms with Gasteiger partial charge in [-0.25, -0.2) is 0 Å². The lowest BCUT2D eigenvalue weighted by Crippen LogP contribution is -2.34. The van der Waals surface area contributed by atoms with E-state index in [2.05, 4.69) is 4.98 Å². The SMILES string of the molecule is CC1CC(CN)CN1C(=O)c1cc[nH]c(=O)c1. The number of nitrogens with two attached hydrogens (primary N) is 1. The lowest BCUT2D eigenvalue weighted by molar-refractivity contribution is 0.0743. The summed E-state index contributed by atoms with van der Waals surface area (Å²) in [4.78, 5) is 27.7. The molecule has 5 nitrogen and oxygen atoms in total. The smallest absolute Gasteiger partial charge is 0.254 e. The predicted octanol–water partition coefficient (Wildman–Crippen LogP) is 0.184. The minimum atomic E-state index is -0.252. The van der Waals surface area contributed by atoms with Crippen molar-refractivity contribution in [1.82, 2.24) is 9.88 Å². The van der Waals surface area contributed by atoms with Crippen molar-refractivity contribution in [2.45, 2.75) is 19.4 Å². The van der Waals surface area contributed by atoms with Crippen molar-refractivity contribution in [2.75, 3.05) is 13.1 Å². The van der Waals surface area contributed by atoms with Crippen LogP contribution in [0.4, 0.5) is 0 Å². The molecule has 0 aromatic carbocycles. The molecule has 1 fully saturated rings. The van der Waals surface area contributed by atoms with Crippen molar-refractivity contribution < 1.29 is 4.79 Å². The molecule has 1 aromatic rings. The highest BCUT2D eigenvalue weighted by molar-refractivity contribution is 5.94. The summed E-state index contributed by atoms with van der Waals surface area (Å²) in [6.07, 6.45) is 2.43. The third-order valence-electron chi connectivity index (χ3n) is 3.28. The zero-order chi connectivity index (χ0) is 12.4. The Bertz CT molecular complexity index is 469. The number of hydrogen-bond acceptors (Lipinski definition) is 3. The van der Waals surface area contributed by atoms with Crippen molar-refractivity contribution in [2.24, 2.45) is 11.7 Å². The van der Waals surface area contributed by atoms with E-state index in [4.69, 9.17) is 5.73 Å². The zero-order valence-corrected chi connectivity index (χ0v) is 9.85. The van der Waals surface area contributed by atoms with Crippen LogP contribution in [0.25, 0.3) is 0 Å². The number of aromatic amines is 1. The average Bonchev–Trinajstić information content (AvgIpc) is 2.69. The molecular formula is C12H17N3O2. The summed E-state index contributed by atoms with van der Waals surface area (Å²) in [6.45, 7) is 3.30. The van der Waals surface area contributed by atoms with Gasteiger partial charge in [0.1, 0.15) is 0 Å². The van der Waals surface area contributed by atoms with Crippen LogP contribution >= 0.6 is 0 Å². The first kappa shape index (κ1) is 11.9. The monoisotopic (exact) mass is 235 g/mol. The van der Waals surface area contributed by atoms with Crippen LogP contribution < -0.4 is 11.3 Å². The molecule has 0 radical (unpaired) electrons. The van der Waals surface area contributed by atoms with Crippen molar-refractivity contribution in [1.29, 1.82) is 0 Å². The van der Waals surface area contributed by atoms with E-state index in [1.165, 1.54) is 12.3 Å². The van der Waals surface area contributed by atoms with Gasteiger partial charge in [-0.2, -0.15) is 0 Å². The first-order chi connectivity index (χ1) is 8.11. The van der Waals surface area contributed by atoms with Crippen LogP contribution in [0.5, 0.6) is 0 Å². The molecule has 2 unspecified atom stereocenters. The molecule has 1 aliphatic heterocycles. The molecule has 5 heteroatoms. The quantitative estimate of drug-likeness (QED) is 0.767. The largest absolute Gasteiger partial charge is 0.336 e. The summed E-state index contributed by atoms with van der Waals surface area (Å²) >= 11 is 0. The number of rotatable bonds is 2. The summed E-state index contributed by atoms with van der Waals surface area (Å²) < 4.78 is 0. The van der Waals surface area contributed by atoms with Gasteiger partial charge in [0.05, 0.1) is 0 Å². The molecule has 2 rings (SSSR count). The van der Waals surface area contributed by atoms with Crippen LogP contribution in [0, 0.1) is 5.92 Å². The molecule has 2 atom stereocenters. The van der Waals surface area contributed by atoms with Crippen molar-refractivity contribution in [3.8, 4) is 0 Å². The van der Waals surface area contributed by atoms with Crippen LogP contribution in [0.3, 0.4) is 0 Å². The number of H-pyrrole nitrogens is 1. The predicted molar refractivity (Wildman–Crippen MR) is 64.7 cm³/mol. The summed E-state index contributed by atoms with van der Waals surface area (Å²) in [5.41, 5.74) is 5.82. The van der Waals surface area contributed by atoms with E-state index in [0.717, 1.165) is 6.42 Å². The molecule has 92 valence electrons. The normalized spacial score (nSPS) is 24.0. The number of nitrogens with one attached hydrogen (secondary N) is 1. The zero-order valence-electron chi connectivity index (χ0n) is 9.85. The topological polar surface area (TPSA) is 79.2 Å². The van der Waals surface area contributed by atoms with Crippen molar-refractivity contribution >= 4 is 5.91 Å². The second-order valence-electron chi connectivity index (χ2n) is 4.59. The highest BCUT2D eigenvalue weighted by Gasteiger charge is 2.32. The van der Waals surface area contributed by atoms with Gasteiger partial charge in [0, 0.05) is 30.4 Å². The second-order valence-corrected chi connectivity index (χ2v) is 4.59. The van der Waals surface area contributed by atoms with Gasteiger partial charge in [-0.15, -0.1) is 0 Å². The molecule has 0 saturated carbocycles. The van der Waals surface area contributed by atoms with E-state index in [-0.39, 0.29) is 17.5 Å². The van der Waals surface area contributed by atoms with Gasteiger partial charge < -0.3 is 15.6 Å². The Balaban J connectivity index is 2.18. The van der Waals surface area contributed by atoms with Gasteiger partial charge in [-0.05, 0) is 31.9 Å². The van der Waals surface area contributed by atoms with Crippen LogP contribution in [-0.2, 0) is 0 Å². The average molecular weight is 235 g/mol. The molecule has 3 N–H and O–H groups in total. The van der Waals surface area contributed by atoms with Gasteiger partial charge in [-0.1, -0.05) is 0 Å². The first-order valence-corrected chi connectivity index (χ1v) is 5.81. The van der Waals surface area contributed by atoms with Gasteiger partial charge in [0.25, 0.3) is 5.91 Å². The summed E-state index contributed by atoms with van der Waals surface area (Å²) in [5.74, 6) is 0.287. The molecule has 17 heavy (non-hydrogen) atoms. The van der Waals surface area contributed by atoms with Crippen molar-refractivity contribution in [3.05, 3.63) is 34.2 Å². The van der Waals surface area contributed by atoms with Gasteiger partial charge in [-0.3, -0.25) is 9.59 Å². The first-order valence-electron chi connectivity index (χ1n) is 5.81. The molecule has 0 aliphatic carbocycles. The van der Waals surface area contributed by atoms with Gasteiger partial charge in [0.15, 0.2) is 0 Å². The maximum atomic E-state index is 12.2. The Labute approximate surface area is 99.6 Å². The Morgan fingerprint density at radius 1 is 1.65 bits per heavy atom. The highest BCUT2D eigenvalue weighted by atomic mass is 16.2. The van der Waals surface area contributed by atoms with Crippen LogP contribution in [0.1, 0.15) is 23.7 Å². The fourth-order valence-corrected chi connectivity index (χ4v) is 2.34. The number of likely N-dealkylation sites (tertiary alicyclic amines) is 1. The summed E-state index contributed by atoms with van der Waals surface area (Å²) in [7, 11) is 0. The molecule has 1 aromatic heterocycles. The highest BCUT2D eigenvalue weighted by Crippen LogP contribution is 2.23. The maximum absolute atomic E-state index is 12.2. The molecule has 1 saturated heterocycles. The number of nitrogens with zero attached hydrogens (tertiary/aromatic N) is 1. The Hall–Kier alpha value is -1.62. The van der Waals surface area contributed by atoms with E-state index in [1.54, 1.807) is 11.0 Å². The lowest BCUT2D eigenvalue weighted by Gasteiger charge is -2.21. The number of hydrogen-bond donors (Lipinski definition) is 2. The minimum absolute atomic E-state index is 0.0837. The van der Waals surface area contributed by atoms with Crippen LogP contribution in [-0.4, -0.2) is 34.9 Å². The molecule has 0 spiro atoms. The minimum Gasteiger partial charge on any atom is -0.336 e. The Kier molecular flexibility index (Phi) is 3.28. The van der Waals surface area contributed by atoms with Gasteiger partial charge >= 0.3 is 0 Å². The summed E-state index contributed by atoms with van der Waals surface area (Å²) in [5, 5.41) is 0. The number of carbonyl (C=O) groups excluding carboxylic acids is 1. The summed E-state index contributed by atoms with van der Waals surface area (Å²) in [6, 6.07) is 3.16. The van der Waals surface area contributed by atoms with E-state index in [1.807, 2.05) is 6.92 Å². The molecule has 1 aliphatic rings. The van der Waals surface area contributed by atoms with E-state index < -0.39 is 0 Å². The fraction of sp³-hybridized carbons (Fsp3) is 0.500. The van der Waals surface area contributed by atoms with E-state index >= 15 is 0 Å². The molecule has 1 amide bonds. The standard InChI is InChI=1S/C12H17N3O2/c1-8-4-9(6-13)7-15(8)12(17)10-2-3-14-11(16)5-10/h2-3,5,8-9H,4,6-7,13H2,1H3,(H,14,16). The fourth-order valence-electron chi connectivity index (χ4n) is 2.34.